The number of hydrogen-bond donors (Lipinski definition) is 2. The third-order valence-corrected chi connectivity index (χ3v) is 2.83. The molecule has 0 fully saturated rings. The molecule has 0 unspecified atom stereocenters. The molecule has 0 atom stereocenters. The number of aromatic amines is 1. The summed E-state index contributed by atoms with van der Waals surface area (Å²) in [6.07, 6.45) is 1.55. The van der Waals surface area contributed by atoms with Gasteiger partial charge in [-0.1, -0.05) is 0 Å². The first-order chi connectivity index (χ1) is 8.63. The molecule has 18 heavy (non-hydrogen) atoms. The number of nitrogen functional groups attached to an aromatic ring is 1. The van der Waals surface area contributed by atoms with Crippen molar-refractivity contribution in [1.29, 1.82) is 0 Å². The number of hydrogen-bond acceptors (Lipinski definition) is 3. The van der Waals surface area contributed by atoms with Crippen LogP contribution in [0.1, 0.15) is 23.0 Å². The molecule has 94 valence electrons. The Morgan fingerprint density at radius 1 is 1.39 bits per heavy atom. The van der Waals surface area contributed by atoms with E-state index < -0.39 is 0 Å². The summed E-state index contributed by atoms with van der Waals surface area (Å²) in [7, 11) is 0. The molecular weight excluding hydrogens is 228 g/mol. The molecular formula is C13H16N4O. The van der Waals surface area contributed by atoms with Crippen molar-refractivity contribution in [2.45, 2.75) is 13.8 Å². The predicted octanol–water partition coefficient (Wildman–Crippen LogP) is 1.97. The number of nitrogens with zero attached hydrogens (tertiary/aromatic N) is 2. The van der Waals surface area contributed by atoms with Crippen molar-refractivity contribution < 1.29 is 4.79 Å². The number of rotatable bonds is 3. The topological polar surface area (TPSA) is 75.0 Å². The highest BCUT2D eigenvalue weighted by molar-refractivity contribution is 6.06. The van der Waals surface area contributed by atoms with Crippen LogP contribution in [0.25, 0.3) is 0 Å². The molecule has 0 aliphatic carbocycles. The van der Waals surface area contributed by atoms with Crippen LogP contribution in [0.5, 0.6) is 0 Å². The predicted molar refractivity (Wildman–Crippen MR) is 71.5 cm³/mol. The molecule has 0 bridgehead atoms. The molecule has 5 heteroatoms. The van der Waals surface area contributed by atoms with Gasteiger partial charge in [0.25, 0.3) is 5.91 Å². The van der Waals surface area contributed by atoms with Gasteiger partial charge < -0.3 is 10.6 Å². The molecule has 1 amide bonds. The first-order valence-electron chi connectivity index (χ1n) is 5.81. The molecule has 2 rings (SSSR count). The van der Waals surface area contributed by atoms with Gasteiger partial charge in [-0.25, -0.2) is 0 Å². The molecule has 1 aromatic heterocycles. The van der Waals surface area contributed by atoms with Gasteiger partial charge in [0, 0.05) is 23.6 Å². The van der Waals surface area contributed by atoms with Crippen molar-refractivity contribution in [3.63, 3.8) is 0 Å². The fourth-order valence-corrected chi connectivity index (χ4v) is 1.81. The van der Waals surface area contributed by atoms with Crippen molar-refractivity contribution >= 4 is 17.3 Å². The van der Waals surface area contributed by atoms with Gasteiger partial charge in [-0.3, -0.25) is 9.89 Å². The number of H-pyrrole nitrogens is 1. The number of aryl methyl sites for hydroxylation is 1. The highest BCUT2D eigenvalue weighted by atomic mass is 16.2. The molecule has 1 heterocycles. The molecule has 0 saturated heterocycles. The van der Waals surface area contributed by atoms with E-state index in [-0.39, 0.29) is 5.91 Å². The molecule has 3 N–H and O–H groups in total. The molecule has 1 aromatic carbocycles. The lowest BCUT2D eigenvalue weighted by Crippen LogP contribution is -2.30. The Morgan fingerprint density at radius 3 is 2.56 bits per heavy atom. The van der Waals surface area contributed by atoms with Crippen molar-refractivity contribution in [1.82, 2.24) is 10.2 Å². The molecule has 0 spiro atoms. The zero-order valence-electron chi connectivity index (χ0n) is 10.5. The Labute approximate surface area is 106 Å². The Balaban J connectivity index is 2.32. The van der Waals surface area contributed by atoms with Crippen LogP contribution in [0.3, 0.4) is 0 Å². The van der Waals surface area contributed by atoms with Gasteiger partial charge in [-0.2, -0.15) is 5.10 Å². The van der Waals surface area contributed by atoms with Gasteiger partial charge in [-0.05, 0) is 38.1 Å². The van der Waals surface area contributed by atoms with Gasteiger partial charge in [0.05, 0.1) is 11.8 Å². The van der Waals surface area contributed by atoms with E-state index >= 15 is 0 Å². The zero-order chi connectivity index (χ0) is 13.1. The Kier molecular flexibility index (Phi) is 3.32. The maximum atomic E-state index is 12.4. The van der Waals surface area contributed by atoms with Gasteiger partial charge in [0.1, 0.15) is 0 Å². The monoisotopic (exact) mass is 244 g/mol. The van der Waals surface area contributed by atoms with Crippen LogP contribution < -0.4 is 10.6 Å². The molecule has 5 nitrogen and oxygen atoms in total. The summed E-state index contributed by atoms with van der Waals surface area (Å²) in [4.78, 5) is 14.1. The number of carbonyl (C=O) groups excluding carboxylic acids is 1. The Bertz CT molecular complexity index is 544. The average molecular weight is 244 g/mol. The van der Waals surface area contributed by atoms with E-state index in [9.17, 15) is 4.79 Å². The van der Waals surface area contributed by atoms with Gasteiger partial charge in [-0.15, -0.1) is 0 Å². The number of benzene rings is 1. The highest BCUT2D eigenvalue weighted by Gasteiger charge is 2.18. The fourth-order valence-electron chi connectivity index (χ4n) is 1.81. The van der Waals surface area contributed by atoms with Gasteiger partial charge >= 0.3 is 0 Å². The third-order valence-electron chi connectivity index (χ3n) is 2.83. The summed E-state index contributed by atoms with van der Waals surface area (Å²) in [5, 5.41) is 6.65. The summed E-state index contributed by atoms with van der Waals surface area (Å²) in [6.45, 7) is 4.36. The van der Waals surface area contributed by atoms with E-state index in [1.165, 1.54) is 0 Å². The van der Waals surface area contributed by atoms with Gasteiger partial charge in [0.2, 0.25) is 0 Å². The summed E-state index contributed by atoms with van der Waals surface area (Å²) in [5.74, 6) is -0.0616. The number of anilines is 2. The lowest BCUT2D eigenvalue weighted by Gasteiger charge is -2.20. The first kappa shape index (κ1) is 12.2. The highest BCUT2D eigenvalue weighted by Crippen LogP contribution is 2.19. The van der Waals surface area contributed by atoms with Crippen LogP contribution in [0.15, 0.2) is 30.5 Å². The van der Waals surface area contributed by atoms with Crippen LogP contribution >= 0.6 is 0 Å². The molecule has 0 saturated carbocycles. The van der Waals surface area contributed by atoms with E-state index in [0.29, 0.717) is 17.8 Å². The molecule has 0 aliphatic heterocycles. The van der Waals surface area contributed by atoms with Gasteiger partial charge in [0.15, 0.2) is 0 Å². The standard InChI is InChI=1S/C13H16N4O/c1-3-17(11-6-4-10(14)5-7-11)13(18)12-8-15-16-9(12)2/h4-8H,3,14H2,1-2H3,(H,15,16). The van der Waals surface area contributed by atoms with E-state index in [2.05, 4.69) is 10.2 Å². The van der Waals surface area contributed by atoms with E-state index in [1.54, 1.807) is 23.2 Å². The summed E-state index contributed by atoms with van der Waals surface area (Å²) >= 11 is 0. The van der Waals surface area contributed by atoms with Crippen LogP contribution in [0, 0.1) is 6.92 Å². The van der Waals surface area contributed by atoms with Crippen LogP contribution in [0.4, 0.5) is 11.4 Å². The Hall–Kier alpha value is -2.30. The summed E-state index contributed by atoms with van der Waals surface area (Å²) < 4.78 is 0. The van der Waals surface area contributed by atoms with E-state index in [4.69, 9.17) is 5.73 Å². The lowest BCUT2D eigenvalue weighted by atomic mass is 10.2. The second-order valence-electron chi connectivity index (χ2n) is 4.05. The fraction of sp³-hybridized carbons (Fsp3) is 0.231. The second kappa shape index (κ2) is 4.91. The summed E-state index contributed by atoms with van der Waals surface area (Å²) in [5.41, 5.74) is 8.52. The van der Waals surface area contributed by atoms with Crippen molar-refractivity contribution in [2.24, 2.45) is 0 Å². The minimum Gasteiger partial charge on any atom is -0.399 e. The number of amides is 1. The maximum Gasteiger partial charge on any atom is 0.261 e. The largest absolute Gasteiger partial charge is 0.399 e. The molecule has 0 aliphatic rings. The number of nitrogens with two attached hydrogens (primary N) is 1. The zero-order valence-corrected chi connectivity index (χ0v) is 10.5. The van der Waals surface area contributed by atoms with E-state index in [0.717, 1.165) is 11.4 Å². The normalized spacial score (nSPS) is 10.3. The SMILES string of the molecule is CCN(C(=O)c1cn[nH]c1C)c1ccc(N)cc1. The smallest absolute Gasteiger partial charge is 0.261 e. The quantitative estimate of drug-likeness (QED) is 0.810. The minimum atomic E-state index is -0.0616. The molecule has 0 radical (unpaired) electrons. The van der Waals surface area contributed by atoms with Crippen LogP contribution in [0.2, 0.25) is 0 Å². The third kappa shape index (κ3) is 2.20. The maximum absolute atomic E-state index is 12.4. The lowest BCUT2D eigenvalue weighted by molar-refractivity contribution is 0.0988. The number of nitrogens with one attached hydrogen (secondary N) is 1. The summed E-state index contributed by atoms with van der Waals surface area (Å²) in [6, 6.07) is 7.25. The molecule has 2 aromatic rings. The first-order valence-corrected chi connectivity index (χ1v) is 5.81. The number of carbonyl (C=O) groups is 1. The van der Waals surface area contributed by atoms with Crippen molar-refractivity contribution in [3.8, 4) is 0 Å². The van der Waals surface area contributed by atoms with E-state index in [1.807, 2.05) is 26.0 Å². The van der Waals surface area contributed by atoms with Crippen LogP contribution in [-0.4, -0.2) is 22.6 Å². The minimum absolute atomic E-state index is 0.0616. The van der Waals surface area contributed by atoms with Crippen LogP contribution in [-0.2, 0) is 0 Å². The van der Waals surface area contributed by atoms with Crippen molar-refractivity contribution in [2.75, 3.05) is 17.2 Å². The number of aromatic nitrogens is 2. The Morgan fingerprint density at radius 2 is 2.06 bits per heavy atom. The second-order valence-corrected chi connectivity index (χ2v) is 4.05. The van der Waals surface area contributed by atoms with Crippen molar-refractivity contribution in [3.05, 3.63) is 41.7 Å². The average Bonchev–Trinajstić information content (AvgIpc) is 2.78.